The fourth-order valence-electron chi connectivity index (χ4n) is 2.27. The molecule has 10 N–H and O–H groups in total. The van der Waals surface area contributed by atoms with E-state index in [4.69, 9.17) is 17.2 Å². The fourth-order valence-corrected chi connectivity index (χ4v) is 2.27. The van der Waals surface area contributed by atoms with E-state index in [9.17, 15) is 24.6 Å². The van der Waals surface area contributed by atoms with Crippen molar-refractivity contribution in [2.24, 2.45) is 17.2 Å². The second-order valence-electron chi connectivity index (χ2n) is 6.30. The van der Waals surface area contributed by atoms with Gasteiger partial charge in [-0.1, -0.05) is 0 Å². The Kier molecular flexibility index (Phi) is 12.5. The van der Waals surface area contributed by atoms with E-state index in [-0.39, 0.29) is 12.8 Å². The standard InChI is InChI=1S/C16H33N5O5/c1-10(22)13(19)15(24)20-11(6-2-4-8-17)14(23)21-12(16(25)26)7-3-5-9-18/h10-13,22H,2-9,17-19H2,1H3,(H,20,24)(H,21,23)(H,25,26). The third-order valence-electron chi connectivity index (χ3n) is 3.96. The minimum absolute atomic E-state index is 0.245. The number of carbonyl (C=O) groups excluding carboxylic acids is 2. The first kappa shape index (κ1) is 24.2. The molecule has 0 fully saturated rings. The summed E-state index contributed by atoms with van der Waals surface area (Å²) in [5, 5.41) is 23.6. The lowest BCUT2D eigenvalue weighted by atomic mass is 10.1. The van der Waals surface area contributed by atoms with Gasteiger partial charge in [-0.3, -0.25) is 9.59 Å². The van der Waals surface area contributed by atoms with Crippen LogP contribution in [0.5, 0.6) is 0 Å². The van der Waals surface area contributed by atoms with Gasteiger partial charge in [0.2, 0.25) is 11.8 Å². The number of hydrogen-bond acceptors (Lipinski definition) is 7. The molecule has 10 heteroatoms. The molecule has 0 spiro atoms. The van der Waals surface area contributed by atoms with E-state index in [1.54, 1.807) is 0 Å². The number of rotatable bonds is 14. The zero-order valence-electron chi connectivity index (χ0n) is 15.3. The van der Waals surface area contributed by atoms with E-state index in [0.717, 1.165) is 0 Å². The number of nitrogens with one attached hydrogen (secondary N) is 2. The third-order valence-corrected chi connectivity index (χ3v) is 3.96. The predicted octanol–water partition coefficient (Wildman–Crippen LogP) is -1.99. The monoisotopic (exact) mass is 375 g/mol. The lowest BCUT2D eigenvalue weighted by molar-refractivity contribution is -0.142. The molecular weight excluding hydrogens is 342 g/mol. The van der Waals surface area contributed by atoms with Gasteiger partial charge in [-0.2, -0.15) is 0 Å². The number of amides is 2. The van der Waals surface area contributed by atoms with Gasteiger partial charge in [0.15, 0.2) is 0 Å². The van der Waals surface area contributed by atoms with Crippen LogP contribution in [-0.4, -0.2) is 65.3 Å². The molecule has 0 saturated carbocycles. The zero-order chi connectivity index (χ0) is 20.1. The van der Waals surface area contributed by atoms with Gasteiger partial charge >= 0.3 is 5.97 Å². The predicted molar refractivity (Wildman–Crippen MR) is 97.0 cm³/mol. The highest BCUT2D eigenvalue weighted by Crippen LogP contribution is 2.06. The number of aliphatic hydroxyl groups is 1. The lowest BCUT2D eigenvalue weighted by Gasteiger charge is -2.23. The SMILES string of the molecule is CC(O)C(N)C(=O)NC(CCCCN)C(=O)NC(CCCCN)C(=O)O. The maximum absolute atomic E-state index is 12.5. The van der Waals surface area contributed by atoms with Crippen LogP contribution < -0.4 is 27.8 Å². The molecule has 0 rings (SSSR count). The van der Waals surface area contributed by atoms with Gasteiger partial charge in [-0.05, 0) is 58.5 Å². The summed E-state index contributed by atoms with van der Waals surface area (Å²) >= 11 is 0. The van der Waals surface area contributed by atoms with Crippen molar-refractivity contribution in [2.45, 2.75) is 69.7 Å². The van der Waals surface area contributed by atoms with E-state index < -0.39 is 42.0 Å². The van der Waals surface area contributed by atoms with Gasteiger partial charge in [0.1, 0.15) is 18.1 Å². The number of aliphatic carboxylic acids is 1. The van der Waals surface area contributed by atoms with Crippen LogP contribution in [0.2, 0.25) is 0 Å². The smallest absolute Gasteiger partial charge is 0.326 e. The van der Waals surface area contributed by atoms with Gasteiger partial charge in [-0.25, -0.2) is 4.79 Å². The van der Waals surface area contributed by atoms with E-state index in [1.807, 2.05) is 0 Å². The molecule has 0 aromatic rings. The zero-order valence-corrected chi connectivity index (χ0v) is 15.3. The largest absolute Gasteiger partial charge is 0.480 e. The molecule has 0 aliphatic heterocycles. The molecule has 0 saturated heterocycles. The van der Waals surface area contributed by atoms with Crippen LogP contribution in [0.25, 0.3) is 0 Å². The number of carboxylic acids is 1. The van der Waals surface area contributed by atoms with E-state index >= 15 is 0 Å². The normalized spacial score (nSPS) is 15.6. The molecule has 0 aliphatic carbocycles. The van der Waals surface area contributed by atoms with Gasteiger partial charge in [0.05, 0.1) is 6.10 Å². The first-order valence-electron chi connectivity index (χ1n) is 8.91. The summed E-state index contributed by atoms with van der Waals surface area (Å²) in [6.45, 7) is 2.24. The van der Waals surface area contributed by atoms with Crippen LogP contribution in [0.4, 0.5) is 0 Å². The van der Waals surface area contributed by atoms with Crippen LogP contribution in [0, 0.1) is 0 Å². The van der Waals surface area contributed by atoms with Crippen LogP contribution in [0.15, 0.2) is 0 Å². The van der Waals surface area contributed by atoms with Gasteiger partial charge in [-0.15, -0.1) is 0 Å². The summed E-state index contributed by atoms with van der Waals surface area (Å²) in [7, 11) is 0. The molecule has 4 atom stereocenters. The van der Waals surface area contributed by atoms with Crippen molar-refractivity contribution < 1.29 is 24.6 Å². The topological polar surface area (TPSA) is 194 Å². The minimum atomic E-state index is -1.18. The molecule has 0 radical (unpaired) electrons. The Morgan fingerprint density at radius 2 is 1.35 bits per heavy atom. The highest BCUT2D eigenvalue weighted by molar-refractivity contribution is 5.91. The lowest BCUT2D eigenvalue weighted by Crippen LogP contribution is -2.56. The molecule has 4 unspecified atom stereocenters. The minimum Gasteiger partial charge on any atom is -0.480 e. The highest BCUT2D eigenvalue weighted by atomic mass is 16.4. The van der Waals surface area contributed by atoms with Gasteiger partial charge in [0.25, 0.3) is 0 Å². The van der Waals surface area contributed by atoms with E-state index in [2.05, 4.69) is 10.6 Å². The average molecular weight is 375 g/mol. The third kappa shape index (κ3) is 9.66. The molecule has 0 bridgehead atoms. The first-order valence-corrected chi connectivity index (χ1v) is 8.91. The van der Waals surface area contributed by atoms with Crippen molar-refractivity contribution in [1.29, 1.82) is 0 Å². The van der Waals surface area contributed by atoms with Crippen LogP contribution in [-0.2, 0) is 14.4 Å². The second-order valence-corrected chi connectivity index (χ2v) is 6.30. The summed E-state index contributed by atoms with van der Waals surface area (Å²) in [4.78, 5) is 35.8. The summed E-state index contributed by atoms with van der Waals surface area (Å²) in [6.07, 6.45) is 1.89. The second kappa shape index (κ2) is 13.5. The number of carbonyl (C=O) groups is 3. The van der Waals surface area contributed by atoms with Crippen molar-refractivity contribution in [2.75, 3.05) is 13.1 Å². The molecule has 0 heterocycles. The number of carboxylic acid groups (broad SMARTS) is 1. The maximum atomic E-state index is 12.5. The fraction of sp³-hybridized carbons (Fsp3) is 0.812. The van der Waals surface area contributed by atoms with Crippen molar-refractivity contribution in [1.82, 2.24) is 10.6 Å². The molecule has 0 aromatic carbocycles. The molecule has 152 valence electrons. The summed E-state index contributed by atoms with van der Waals surface area (Å²) in [6, 6.07) is -3.19. The molecule has 10 nitrogen and oxygen atoms in total. The van der Waals surface area contributed by atoms with Crippen molar-refractivity contribution >= 4 is 17.8 Å². The van der Waals surface area contributed by atoms with Crippen molar-refractivity contribution in [3.63, 3.8) is 0 Å². The number of nitrogens with two attached hydrogens (primary N) is 3. The average Bonchev–Trinajstić information content (AvgIpc) is 2.58. The quantitative estimate of drug-likeness (QED) is 0.169. The Bertz CT molecular complexity index is 447. The summed E-state index contributed by atoms with van der Waals surface area (Å²) < 4.78 is 0. The van der Waals surface area contributed by atoms with Gasteiger partial charge < -0.3 is 38.0 Å². The Morgan fingerprint density at radius 3 is 1.77 bits per heavy atom. The summed E-state index contributed by atoms with van der Waals surface area (Å²) in [5.41, 5.74) is 16.4. The summed E-state index contributed by atoms with van der Waals surface area (Å²) in [5.74, 6) is -2.43. The number of unbranched alkanes of at least 4 members (excludes halogenated alkanes) is 2. The number of aliphatic hydroxyl groups excluding tert-OH is 1. The highest BCUT2D eigenvalue weighted by Gasteiger charge is 2.28. The molecular formula is C16H33N5O5. The number of hydrogen-bond donors (Lipinski definition) is 7. The molecule has 26 heavy (non-hydrogen) atoms. The molecule has 0 aromatic heterocycles. The van der Waals surface area contributed by atoms with Crippen LogP contribution in [0.1, 0.15) is 45.4 Å². The van der Waals surface area contributed by atoms with E-state index in [0.29, 0.717) is 38.8 Å². The van der Waals surface area contributed by atoms with Crippen LogP contribution >= 0.6 is 0 Å². The van der Waals surface area contributed by atoms with Gasteiger partial charge in [0, 0.05) is 0 Å². The Labute approximate surface area is 153 Å². The van der Waals surface area contributed by atoms with Crippen LogP contribution in [0.3, 0.4) is 0 Å². The van der Waals surface area contributed by atoms with Crippen molar-refractivity contribution in [3.05, 3.63) is 0 Å². The van der Waals surface area contributed by atoms with Crippen molar-refractivity contribution in [3.8, 4) is 0 Å². The Balaban J connectivity index is 4.94. The Morgan fingerprint density at radius 1 is 0.885 bits per heavy atom. The first-order chi connectivity index (χ1) is 12.2. The maximum Gasteiger partial charge on any atom is 0.326 e. The molecule has 2 amide bonds. The van der Waals surface area contributed by atoms with E-state index in [1.165, 1.54) is 6.92 Å². The molecule has 0 aliphatic rings. The Hall–Kier alpha value is -1.75.